The number of aliphatic hydroxyl groups is 1. The number of aliphatic hydroxyl groups excluding tert-OH is 1. The lowest BCUT2D eigenvalue weighted by Gasteiger charge is -2.17. The average Bonchev–Trinajstić information content (AvgIpc) is 2.27. The second kappa shape index (κ2) is 5.40. The second-order valence-electron chi connectivity index (χ2n) is 3.77. The highest BCUT2D eigenvalue weighted by molar-refractivity contribution is 5.40. The lowest BCUT2D eigenvalue weighted by molar-refractivity contribution is -0.137. The van der Waals surface area contributed by atoms with Crippen molar-refractivity contribution in [3.63, 3.8) is 0 Å². The third-order valence-electron chi connectivity index (χ3n) is 2.44. The van der Waals surface area contributed by atoms with Crippen LogP contribution in [0.5, 0.6) is 5.75 Å². The van der Waals surface area contributed by atoms with E-state index in [9.17, 15) is 13.2 Å². The first kappa shape index (κ1) is 13.8. The topological polar surface area (TPSA) is 29.5 Å². The van der Waals surface area contributed by atoms with Gasteiger partial charge in [-0.05, 0) is 30.7 Å². The van der Waals surface area contributed by atoms with E-state index in [1.807, 2.05) is 0 Å². The van der Waals surface area contributed by atoms with Gasteiger partial charge in [0, 0.05) is 12.5 Å². The first-order chi connectivity index (χ1) is 7.90. The van der Waals surface area contributed by atoms with E-state index in [1.165, 1.54) is 6.07 Å². The molecule has 0 aliphatic carbocycles. The minimum absolute atomic E-state index is 0.221. The van der Waals surface area contributed by atoms with Crippen LogP contribution in [0, 0.1) is 0 Å². The summed E-state index contributed by atoms with van der Waals surface area (Å²) in [4.78, 5) is 0. The molecular formula is C12H15F3O2. The Morgan fingerprint density at radius 1 is 1.35 bits per heavy atom. The maximum absolute atomic E-state index is 12.5. The number of halogens is 3. The standard InChI is InChI=1S/C12H15F3O2/c1-3-17-11-5-4-9(12(13,14)15)6-10(11)8(2)7-16/h4-6,8,16H,3,7H2,1-2H3. The van der Waals surface area contributed by atoms with Gasteiger partial charge in [-0.25, -0.2) is 0 Å². The molecule has 0 amide bonds. The Kier molecular flexibility index (Phi) is 4.40. The molecule has 5 heteroatoms. The fourth-order valence-electron chi connectivity index (χ4n) is 1.50. The van der Waals surface area contributed by atoms with Crippen molar-refractivity contribution in [2.45, 2.75) is 25.9 Å². The maximum Gasteiger partial charge on any atom is 0.416 e. The highest BCUT2D eigenvalue weighted by Gasteiger charge is 2.31. The monoisotopic (exact) mass is 248 g/mol. The number of rotatable bonds is 4. The molecule has 1 N–H and O–H groups in total. The van der Waals surface area contributed by atoms with Gasteiger partial charge in [-0.3, -0.25) is 0 Å². The summed E-state index contributed by atoms with van der Waals surface area (Å²) in [6.45, 7) is 3.56. The van der Waals surface area contributed by atoms with Gasteiger partial charge in [-0.15, -0.1) is 0 Å². The van der Waals surface area contributed by atoms with Crippen molar-refractivity contribution in [2.24, 2.45) is 0 Å². The van der Waals surface area contributed by atoms with E-state index in [1.54, 1.807) is 13.8 Å². The summed E-state index contributed by atoms with van der Waals surface area (Å²) in [5, 5.41) is 9.04. The summed E-state index contributed by atoms with van der Waals surface area (Å²) < 4.78 is 42.9. The molecular weight excluding hydrogens is 233 g/mol. The summed E-state index contributed by atoms with van der Waals surface area (Å²) in [5.74, 6) is 0.000833. The van der Waals surface area contributed by atoms with Crippen molar-refractivity contribution in [2.75, 3.05) is 13.2 Å². The van der Waals surface area contributed by atoms with E-state index >= 15 is 0 Å². The van der Waals surface area contributed by atoms with E-state index in [0.717, 1.165) is 12.1 Å². The zero-order valence-corrected chi connectivity index (χ0v) is 9.71. The molecule has 1 unspecified atom stereocenters. The first-order valence-electron chi connectivity index (χ1n) is 5.35. The van der Waals surface area contributed by atoms with Gasteiger partial charge < -0.3 is 9.84 Å². The molecule has 0 aliphatic heterocycles. The van der Waals surface area contributed by atoms with Gasteiger partial charge in [0.2, 0.25) is 0 Å². The van der Waals surface area contributed by atoms with Crippen molar-refractivity contribution in [3.8, 4) is 5.75 Å². The summed E-state index contributed by atoms with van der Waals surface area (Å²) >= 11 is 0. The molecule has 0 aliphatic rings. The molecule has 0 saturated carbocycles. The van der Waals surface area contributed by atoms with Gasteiger partial charge in [0.25, 0.3) is 0 Å². The zero-order valence-electron chi connectivity index (χ0n) is 9.71. The number of hydrogen-bond donors (Lipinski definition) is 1. The van der Waals surface area contributed by atoms with Crippen molar-refractivity contribution in [1.82, 2.24) is 0 Å². The predicted octanol–water partition coefficient (Wildman–Crippen LogP) is 3.20. The van der Waals surface area contributed by atoms with Crippen molar-refractivity contribution < 1.29 is 23.0 Å². The summed E-state index contributed by atoms with van der Waals surface area (Å²) in [6.07, 6.45) is -4.38. The molecule has 0 fully saturated rings. The van der Waals surface area contributed by atoms with Crippen LogP contribution in [0.2, 0.25) is 0 Å². The van der Waals surface area contributed by atoms with Crippen LogP contribution in [-0.4, -0.2) is 18.3 Å². The smallest absolute Gasteiger partial charge is 0.416 e. The second-order valence-corrected chi connectivity index (χ2v) is 3.77. The van der Waals surface area contributed by atoms with Crippen molar-refractivity contribution >= 4 is 0 Å². The Bertz CT molecular complexity index is 375. The lowest BCUT2D eigenvalue weighted by Crippen LogP contribution is -2.09. The quantitative estimate of drug-likeness (QED) is 0.886. The molecule has 2 nitrogen and oxygen atoms in total. The molecule has 0 bridgehead atoms. The highest BCUT2D eigenvalue weighted by atomic mass is 19.4. The van der Waals surface area contributed by atoms with Crippen LogP contribution >= 0.6 is 0 Å². The number of hydrogen-bond acceptors (Lipinski definition) is 2. The van der Waals surface area contributed by atoms with Gasteiger partial charge in [0.05, 0.1) is 12.2 Å². The fourth-order valence-corrected chi connectivity index (χ4v) is 1.50. The fraction of sp³-hybridized carbons (Fsp3) is 0.500. The molecule has 0 radical (unpaired) electrons. The molecule has 1 rings (SSSR count). The van der Waals surface area contributed by atoms with Crippen LogP contribution in [0.25, 0.3) is 0 Å². The SMILES string of the molecule is CCOc1ccc(C(F)(F)F)cc1C(C)CO. The lowest BCUT2D eigenvalue weighted by atomic mass is 9.98. The van der Waals surface area contributed by atoms with Crippen LogP contribution in [0.3, 0.4) is 0 Å². The normalized spacial score (nSPS) is 13.5. The number of benzene rings is 1. The molecule has 1 aromatic rings. The Morgan fingerprint density at radius 3 is 2.47 bits per heavy atom. The zero-order chi connectivity index (χ0) is 13.1. The molecule has 96 valence electrons. The molecule has 0 aromatic heterocycles. The van der Waals surface area contributed by atoms with Gasteiger partial charge in [0.15, 0.2) is 0 Å². The van der Waals surface area contributed by atoms with Crippen LogP contribution in [0.1, 0.15) is 30.9 Å². The first-order valence-corrected chi connectivity index (χ1v) is 5.35. The van der Waals surface area contributed by atoms with Crippen LogP contribution in [0.4, 0.5) is 13.2 Å². The number of alkyl halides is 3. The van der Waals surface area contributed by atoms with Gasteiger partial charge >= 0.3 is 6.18 Å². The predicted molar refractivity (Wildman–Crippen MR) is 58.1 cm³/mol. The molecule has 1 atom stereocenters. The van der Waals surface area contributed by atoms with Crippen molar-refractivity contribution in [3.05, 3.63) is 29.3 Å². The molecule has 17 heavy (non-hydrogen) atoms. The highest BCUT2D eigenvalue weighted by Crippen LogP contribution is 2.35. The number of ether oxygens (including phenoxy) is 1. The Morgan fingerprint density at radius 2 is 2.00 bits per heavy atom. The van der Waals surface area contributed by atoms with E-state index in [-0.39, 0.29) is 12.5 Å². The molecule has 0 heterocycles. The summed E-state index contributed by atoms with van der Waals surface area (Å²) in [6, 6.07) is 3.32. The molecule has 0 saturated heterocycles. The van der Waals surface area contributed by atoms with E-state index < -0.39 is 11.7 Å². The summed E-state index contributed by atoms with van der Waals surface area (Å²) in [5.41, 5.74) is -0.347. The Hall–Kier alpha value is -1.23. The third-order valence-corrected chi connectivity index (χ3v) is 2.44. The van der Waals surface area contributed by atoms with Gasteiger partial charge in [-0.2, -0.15) is 13.2 Å². The largest absolute Gasteiger partial charge is 0.494 e. The van der Waals surface area contributed by atoms with Crippen molar-refractivity contribution in [1.29, 1.82) is 0 Å². The summed E-state index contributed by atoms with van der Waals surface area (Å²) in [7, 11) is 0. The van der Waals surface area contributed by atoms with Gasteiger partial charge in [-0.1, -0.05) is 6.92 Å². The van der Waals surface area contributed by atoms with E-state index in [2.05, 4.69) is 0 Å². The van der Waals surface area contributed by atoms with Crippen LogP contribution < -0.4 is 4.74 Å². The maximum atomic E-state index is 12.5. The average molecular weight is 248 g/mol. The van der Waals surface area contributed by atoms with Crippen LogP contribution in [-0.2, 0) is 6.18 Å². The third kappa shape index (κ3) is 3.36. The molecule has 1 aromatic carbocycles. The van der Waals surface area contributed by atoms with E-state index in [4.69, 9.17) is 9.84 Å². The Balaban J connectivity index is 3.19. The minimum atomic E-state index is -4.38. The van der Waals surface area contributed by atoms with Crippen LogP contribution in [0.15, 0.2) is 18.2 Å². The minimum Gasteiger partial charge on any atom is -0.494 e. The Labute approximate surface area is 98.0 Å². The molecule has 0 spiro atoms. The van der Waals surface area contributed by atoms with E-state index in [0.29, 0.717) is 17.9 Å². The van der Waals surface area contributed by atoms with Gasteiger partial charge in [0.1, 0.15) is 5.75 Å².